The zero-order valence-corrected chi connectivity index (χ0v) is 21.5. The SMILES string of the molecule is Cc1c(NC(=O)OC(C)(C)C)cccc1C(C[P+](=O)OC(N)C(C)C)C(=O)OC(C)(C)C. The first-order chi connectivity index (χ1) is 14.5. The Balaban J connectivity index is 3.24. The molecule has 0 bridgehead atoms. The van der Waals surface area contributed by atoms with Crippen LogP contribution >= 0.6 is 8.03 Å². The lowest BCUT2D eigenvalue weighted by atomic mass is 9.95. The molecule has 0 aromatic heterocycles. The number of nitrogens with one attached hydrogen (secondary N) is 1. The van der Waals surface area contributed by atoms with Crippen molar-refractivity contribution in [3.05, 3.63) is 29.3 Å². The van der Waals surface area contributed by atoms with Crippen molar-refractivity contribution < 1.29 is 28.2 Å². The summed E-state index contributed by atoms with van der Waals surface area (Å²) in [5.74, 6) is -1.42. The van der Waals surface area contributed by atoms with E-state index in [4.69, 9.17) is 19.7 Å². The van der Waals surface area contributed by atoms with Crippen molar-refractivity contribution >= 4 is 25.8 Å². The number of hydrogen-bond donors (Lipinski definition) is 2. The second-order valence-electron chi connectivity index (χ2n) is 10.1. The first-order valence-electron chi connectivity index (χ1n) is 10.7. The summed E-state index contributed by atoms with van der Waals surface area (Å²) in [6, 6.07) is 5.16. The number of rotatable bonds is 8. The first-order valence-corrected chi connectivity index (χ1v) is 12.1. The molecule has 8 nitrogen and oxygen atoms in total. The average Bonchev–Trinajstić information content (AvgIpc) is 2.58. The van der Waals surface area contributed by atoms with Gasteiger partial charge in [-0.2, -0.15) is 0 Å². The van der Waals surface area contributed by atoms with Crippen LogP contribution in [0.1, 0.15) is 72.4 Å². The van der Waals surface area contributed by atoms with Gasteiger partial charge in [-0.3, -0.25) is 10.1 Å². The van der Waals surface area contributed by atoms with Gasteiger partial charge in [0, 0.05) is 5.69 Å². The quantitative estimate of drug-likeness (QED) is 0.295. The number of anilines is 1. The molecule has 0 fully saturated rings. The van der Waals surface area contributed by atoms with E-state index in [0.717, 1.165) is 0 Å². The van der Waals surface area contributed by atoms with E-state index in [2.05, 4.69) is 5.32 Å². The second kappa shape index (κ2) is 11.2. The third-order valence-corrected chi connectivity index (χ3v) is 5.45. The maximum absolute atomic E-state index is 13.0. The standard InChI is InChI=1S/C23H37N2O6P/c1-14(2)19(24)31-32(28)13-17(20(26)29-22(4,5)6)16-11-10-12-18(15(16)3)25-21(27)30-23(7,8)9/h10-12,14,17,19H,13,24H2,1-9H3/p+1. The third kappa shape index (κ3) is 9.63. The van der Waals surface area contributed by atoms with Crippen molar-refractivity contribution in [2.45, 2.75) is 85.7 Å². The Hall–Kier alpha value is -2.02. The van der Waals surface area contributed by atoms with E-state index in [1.54, 1.807) is 66.7 Å². The summed E-state index contributed by atoms with van der Waals surface area (Å²) in [6.07, 6.45) is -1.41. The Morgan fingerprint density at radius 1 is 1.06 bits per heavy atom. The number of carbonyl (C=O) groups excluding carboxylic acids is 2. The van der Waals surface area contributed by atoms with Gasteiger partial charge >= 0.3 is 20.1 Å². The van der Waals surface area contributed by atoms with Gasteiger partial charge < -0.3 is 15.2 Å². The normalized spacial score (nSPS) is 14.5. The zero-order chi connectivity index (χ0) is 24.9. The summed E-state index contributed by atoms with van der Waals surface area (Å²) in [4.78, 5) is 25.3. The van der Waals surface area contributed by atoms with Crippen molar-refractivity contribution in [2.24, 2.45) is 11.7 Å². The van der Waals surface area contributed by atoms with Crippen LogP contribution in [0.25, 0.3) is 0 Å². The molecule has 3 unspecified atom stereocenters. The van der Waals surface area contributed by atoms with Gasteiger partial charge in [0.05, 0.1) is 0 Å². The van der Waals surface area contributed by atoms with Crippen LogP contribution in [-0.2, 0) is 23.4 Å². The maximum Gasteiger partial charge on any atom is 0.510 e. The summed E-state index contributed by atoms with van der Waals surface area (Å²) >= 11 is 0. The van der Waals surface area contributed by atoms with E-state index >= 15 is 0 Å². The van der Waals surface area contributed by atoms with Crippen molar-refractivity contribution in [2.75, 3.05) is 11.5 Å². The molecule has 0 saturated heterocycles. The highest BCUT2D eigenvalue weighted by Gasteiger charge is 2.38. The van der Waals surface area contributed by atoms with Gasteiger partial charge in [-0.05, 0) is 76.1 Å². The molecule has 1 amide bonds. The maximum atomic E-state index is 13.0. The molecular formula is C23H38N2O6P+. The Bertz CT molecular complexity index is 827. The van der Waals surface area contributed by atoms with Crippen LogP contribution in [0.5, 0.6) is 0 Å². The van der Waals surface area contributed by atoms with Gasteiger partial charge in [-0.25, -0.2) is 4.79 Å². The largest absolute Gasteiger partial charge is 0.510 e. The van der Waals surface area contributed by atoms with Gasteiger partial charge in [0.1, 0.15) is 17.1 Å². The molecule has 1 aromatic carbocycles. The molecule has 0 aliphatic heterocycles. The van der Waals surface area contributed by atoms with Crippen molar-refractivity contribution in [1.82, 2.24) is 0 Å². The number of ether oxygens (including phenoxy) is 2. The molecule has 1 rings (SSSR count). The summed E-state index contributed by atoms with van der Waals surface area (Å²) in [7, 11) is -2.23. The van der Waals surface area contributed by atoms with Gasteiger partial charge in [-0.15, -0.1) is 4.52 Å². The van der Waals surface area contributed by atoms with Crippen molar-refractivity contribution in [3.8, 4) is 0 Å². The summed E-state index contributed by atoms with van der Waals surface area (Å²) in [6.45, 7) is 16.1. The molecule has 180 valence electrons. The Kier molecular flexibility index (Phi) is 9.82. The van der Waals surface area contributed by atoms with Crippen molar-refractivity contribution in [3.63, 3.8) is 0 Å². The molecule has 3 atom stereocenters. The van der Waals surface area contributed by atoms with Crippen LogP contribution < -0.4 is 11.1 Å². The van der Waals surface area contributed by atoms with Crippen LogP contribution in [0.4, 0.5) is 10.5 Å². The Labute approximate surface area is 192 Å². The predicted octanol–water partition coefficient (Wildman–Crippen LogP) is 5.47. The molecule has 0 aliphatic carbocycles. The summed E-state index contributed by atoms with van der Waals surface area (Å²) in [5.41, 5.74) is 6.22. The Morgan fingerprint density at radius 3 is 2.12 bits per heavy atom. The van der Waals surface area contributed by atoms with E-state index in [1.807, 2.05) is 13.8 Å². The number of nitrogens with two attached hydrogens (primary N) is 1. The van der Waals surface area contributed by atoms with E-state index in [0.29, 0.717) is 16.8 Å². The topological polar surface area (TPSA) is 117 Å². The van der Waals surface area contributed by atoms with E-state index in [-0.39, 0.29) is 12.1 Å². The summed E-state index contributed by atoms with van der Waals surface area (Å²) in [5, 5.41) is 2.71. The average molecular weight is 470 g/mol. The molecule has 1 aromatic rings. The van der Waals surface area contributed by atoms with Gasteiger partial charge in [0.15, 0.2) is 12.4 Å². The lowest BCUT2D eigenvalue weighted by molar-refractivity contribution is -0.156. The fraction of sp³-hybridized carbons (Fsp3) is 0.652. The smallest absolute Gasteiger partial charge is 0.459 e. The molecular weight excluding hydrogens is 431 g/mol. The Morgan fingerprint density at radius 2 is 1.62 bits per heavy atom. The zero-order valence-electron chi connectivity index (χ0n) is 20.6. The lowest BCUT2D eigenvalue weighted by Crippen LogP contribution is -2.31. The fourth-order valence-corrected chi connectivity index (χ4v) is 3.95. The number of benzene rings is 1. The van der Waals surface area contributed by atoms with Crippen molar-refractivity contribution in [1.29, 1.82) is 0 Å². The van der Waals surface area contributed by atoms with Gasteiger partial charge in [0.2, 0.25) is 0 Å². The first kappa shape index (κ1) is 28.0. The highest BCUT2D eigenvalue weighted by atomic mass is 31.1. The number of carbonyl (C=O) groups is 2. The molecule has 9 heteroatoms. The molecule has 0 spiro atoms. The minimum Gasteiger partial charge on any atom is -0.459 e. The van der Waals surface area contributed by atoms with E-state index in [9.17, 15) is 14.2 Å². The van der Waals surface area contributed by atoms with Gasteiger partial charge in [-0.1, -0.05) is 26.0 Å². The molecule has 3 N–H and O–H groups in total. The monoisotopic (exact) mass is 469 g/mol. The van der Waals surface area contributed by atoms with Crippen LogP contribution in [0.2, 0.25) is 0 Å². The second-order valence-corrected chi connectivity index (χ2v) is 11.3. The molecule has 0 heterocycles. The summed E-state index contributed by atoms with van der Waals surface area (Å²) < 4.78 is 29.0. The van der Waals surface area contributed by atoms with Crippen LogP contribution in [0, 0.1) is 12.8 Å². The molecule has 0 radical (unpaired) electrons. The van der Waals surface area contributed by atoms with Gasteiger partial charge in [0.25, 0.3) is 0 Å². The molecule has 0 aliphatic rings. The number of hydrogen-bond acceptors (Lipinski definition) is 7. The van der Waals surface area contributed by atoms with Crippen LogP contribution in [-0.4, -0.2) is 35.7 Å². The minimum atomic E-state index is -2.23. The molecule has 0 saturated carbocycles. The highest BCUT2D eigenvalue weighted by molar-refractivity contribution is 7.39. The van der Waals surface area contributed by atoms with E-state index < -0.39 is 43.4 Å². The highest BCUT2D eigenvalue weighted by Crippen LogP contribution is 2.37. The number of esters is 1. The minimum absolute atomic E-state index is 0.0305. The van der Waals surface area contributed by atoms with Crippen LogP contribution in [0.3, 0.4) is 0 Å². The number of amides is 1. The van der Waals surface area contributed by atoms with E-state index in [1.165, 1.54) is 0 Å². The third-order valence-electron chi connectivity index (χ3n) is 4.31. The lowest BCUT2D eigenvalue weighted by Gasteiger charge is -2.24. The van der Waals surface area contributed by atoms with Crippen LogP contribution in [0.15, 0.2) is 18.2 Å². The fourth-order valence-electron chi connectivity index (χ4n) is 2.70. The molecule has 32 heavy (non-hydrogen) atoms. The predicted molar refractivity (Wildman–Crippen MR) is 126 cm³/mol.